The van der Waals surface area contributed by atoms with Crippen molar-refractivity contribution in [1.82, 2.24) is 15.1 Å². The maximum absolute atomic E-state index is 13.1. The number of rotatable bonds is 6. The molecule has 1 aliphatic heterocycles. The van der Waals surface area contributed by atoms with Gasteiger partial charge in [-0.3, -0.25) is 0 Å². The van der Waals surface area contributed by atoms with E-state index in [1.165, 1.54) is 63.9 Å². The smallest absolute Gasteiger partial charge is 0.123 e. The van der Waals surface area contributed by atoms with Crippen molar-refractivity contribution in [2.45, 2.75) is 59.3 Å². The van der Waals surface area contributed by atoms with E-state index in [0.29, 0.717) is 10.8 Å². The predicted molar refractivity (Wildman–Crippen MR) is 116 cm³/mol. The Hall–Kier alpha value is -1.81. The molecule has 1 aromatic carbocycles. The van der Waals surface area contributed by atoms with Crippen molar-refractivity contribution >= 4 is 0 Å². The van der Waals surface area contributed by atoms with E-state index in [-0.39, 0.29) is 5.82 Å². The summed E-state index contributed by atoms with van der Waals surface area (Å²) in [7, 11) is 0. The average Bonchev–Trinajstić information content (AvgIpc) is 3.38. The van der Waals surface area contributed by atoms with Gasteiger partial charge in [-0.15, -0.1) is 0 Å². The van der Waals surface area contributed by atoms with E-state index in [1.807, 2.05) is 6.07 Å². The standard InChI is InChI=1S/C25H34FN3/c1-24(2,3)12-15-29-16-13-25(14-17-29)18-20(25)6-9-22-10-11-23(28-27-22)19-4-7-21(26)8-5-19/h4-5,7-8,10-11,20H,6,9,12-18H2,1-3H3. The first kappa shape index (κ1) is 20.5. The van der Waals surface area contributed by atoms with Crippen LogP contribution in [0.5, 0.6) is 0 Å². The quantitative estimate of drug-likeness (QED) is 0.623. The fourth-order valence-corrected chi connectivity index (χ4v) is 4.76. The highest BCUT2D eigenvalue weighted by molar-refractivity contribution is 5.58. The Labute approximate surface area is 174 Å². The number of likely N-dealkylation sites (tertiary alicyclic amines) is 1. The molecule has 0 radical (unpaired) electrons. The number of benzene rings is 1. The molecule has 1 aliphatic carbocycles. The van der Waals surface area contributed by atoms with Gasteiger partial charge in [-0.05, 0) is 111 Å². The zero-order chi connectivity index (χ0) is 20.5. The van der Waals surface area contributed by atoms with E-state index in [9.17, 15) is 4.39 Å². The maximum Gasteiger partial charge on any atom is 0.123 e. The lowest BCUT2D eigenvalue weighted by Crippen LogP contribution is -2.37. The van der Waals surface area contributed by atoms with Crippen molar-refractivity contribution < 1.29 is 4.39 Å². The fraction of sp³-hybridized carbons (Fsp3) is 0.600. The fourth-order valence-electron chi connectivity index (χ4n) is 4.76. The Kier molecular flexibility index (Phi) is 5.74. The molecule has 1 spiro atoms. The second-order valence-corrected chi connectivity index (χ2v) is 10.4. The lowest BCUT2D eigenvalue weighted by molar-refractivity contribution is 0.145. The zero-order valence-electron chi connectivity index (χ0n) is 18.1. The molecular formula is C25H34FN3. The molecule has 1 atom stereocenters. The van der Waals surface area contributed by atoms with Gasteiger partial charge in [-0.2, -0.15) is 10.2 Å². The number of halogens is 1. The molecule has 4 rings (SSSR count). The van der Waals surface area contributed by atoms with E-state index in [0.717, 1.165) is 29.3 Å². The van der Waals surface area contributed by atoms with E-state index < -0.39 is 0 Å². The predicted octanol–water partition coefficient (Wildman–Crippen LogP) is 5.75. The van der Waals surface area contributed by atoms with Crippen molar-refractivity contribution in [3.8, 4) is 11.3 Å². The lowest BCUT2D eigenvalue weighted by atomic mass is 9.88. The largest absolute Gasteiger partial charge is 0.303 e. The lowest BCUT2D eigenvalue weighted by Gasteiger charge is -2.34. The number of hydrogen-bond donors (Lipinski definition) is 0. The molecule has 0 N–H and O–H groups in total. The number of nitrogens with zero attached hydrogens (tertiary/aromatic N) is 3. The van der Waals surface area contributed by atoms with Gasteiger partial charge in [0.25, 0.3) is 0 Å². The Morgan fingerprint density at radius 1 is 1.03 bits per heavy atom. The third kappa shape index (κ3) is 5.22. The van der Waals surface area contributed by atoms with Crippen LogP contribution in [0.1, 0.15) is 58.6 Å². The SMILES string of the molecule is CC(C)(C)CCN1CCC2(CC1)CC2CCc1ccc(-c2ccc(F)cc2)nn1. The zero-order valence-corrected chi connectivity index (χ0v) is 18.1. The Morgan fingerprint density at radius 2 is 1.76 bits per heavy atom. The summed E-state index contributed by atoms with van der Waals surface area (Å²) in [6, 6.07) is 10.5. The minimum atomic E-state index is -0.225. The minimum absolute atomic E-state index is 0.225. The summed E-state index contributed by atoms with van der Waals surface area (Å²) in [6.45, 7) is 10.8. The van der Waals surface area contributed by atoms with Crippen LogP contribution in [0.15, 0.2) is 36.4 Å². The molecule has 2 heterocycles. The molecule has 1 aromatic heterocycles. The summed E-state index contributed by atoms with van der Waals surface area (Å²) in [5, 5.41) is 8.77. The van der Waals surface area contributed by atoms with Crippen LogP contribution in [0.2, 0.25) is 0 Å². The highest BCUT2D eigenvalue weighted by Crippen LogP contribution is 2.61. The van der Waals surface area contributed by atoms with Crippen LogP contribution in [0.3, 0.4) is 0 Å². The Balaban J connectivity index is 1.22. The third-order valence-electron chi connectivity index (χ3n) is 7.00. The third-order valence-corrected chi connectivity index (χ3v) is 7.00. The van der Waals surface area contributed by atoms with Gasteiger partial charge in [0.05, 0.1) is 11.4 Å². The Bertz CT molecular complexity index is 799. The van der Waals surface area contributed by atoms with Gasteiger partial charge in [0.1, 0.15) is 5.82 Å². The summed E-state index contributed by atoms with van der Waals surface area (Å²) in [4.78, 5) is 2.67. The maximum atomic E-state index is 13.1. The minimum Gasteiger partial charge on any atom is -0.303 e. The molecule has 156 valence electrons. The van der Waals surface area contributed by atoms with Gasteiger partial charge in [0, 0.05) is 5.56 Å². The first-order chi connectivity index (χ1) is 13.8. The van der Waals surface area contributed by atoms with Gasteiger partial charge in [-0.1, -0.05) is 20.8 Å². The van der Waals surface area contributed by atoms with E-state index >= 15 is 0 Å². The molecule has 2 aliphatic rings. The van der Waals surface area contributed by atoms with Crippen LogP contribution < -0.4 is 0 Å². The van der Waals surface area contributed by atoms with Crippen molar-refractivity contribution in [1.29, 1.82) is 0 Å². The average molecular weight is 396 g/mol. The van der Waals surface area contributed by atoms with Crippen LogP contribution in [-0.2, 0) is 6.42 Å². The molecule has 29 heavy (non-hydrogen) atoms. The van der Waals surface area contributed by atoms with Crippen molar-refractivity contribution in [3.05, 3.63) is 47.9 Å². The highest BCUT2D eigenvalue weighted by Gasteiger charge is 2.53. The topological polar surface area (TPSA) is 29.0 Å². The number of aryl methyl sites for hydroxylation is 1. The van der Waals surface area contributed by atoms with Gasteiger partial charge in [0.2, 0.25) is 0 Å². The first-order valence-corrected chi connectivity index (χ1v) is 11.1. The van der Waals surface area contributed by atoms with Gasteiger partial charge >= 0.3 is 0 Å². The second kappa shape index (κ2) is 8.14. The second-order valence-electron chi connectivity index (χ2n) is 10.4. The molecule has 0 bridgehead atoms. The molecular weight excluding hydrogens is 361 g/mol. The van der Waals surface area contributed by atoms with E-state index in [2.05, 4.69) is 41.9 Å². The van der Waals surface area contributed by atoms with Crippen LogP contribution in [0, 0.1) is 22.6 Å². The Morgan fingerprint density at radius 3 is 2.38 bits per heavy atom. The van der Waals surface area contributed by atoms with Gasteiger partial charge < -0.3 is 4.90 Å². The molecule has 1 saturated heterocycles. The summed E-state index contributed by atoms with van der Waals surface area (Å²) in [5.74, 6) is 0.641. The van der Waals surface area contributed by atoms with Gasteiger partial charge in [-0.25, -0.2) is 4.39 Å². The first-order valence-electron chi connectivity index (χ1n) is 11.1. The normalized spacial score (nSPS) is 21.4. The van der Waals surface area contributed by atoms with Crippen LogP contribution in [0.4, 0.5) is 4.39 Å². The highest BCUT2D eigenvalue weighted by atomic mass is 19.1. The summed E-state index contributed by atoms with van der Waals surface area (Å²) in [5.41, 5.74) is 3.84. The summed E-state index contributed by atoms with van der Waals surface area (Å²) in [6.07, 6.45) is 7.68. The number of hydrogen-bond acceptors (Lipinski definition) is 3. The molecule has 1 saturated carbocycles. The molecule has 0 amide bonds. The molecule has 3 nitrogen and oxygen atoms in total. The summed E-state index contributed by atoms with van der Waals surface area (Å²) < 4.78 is 13.1. The van der Waals surface area contributed by atoms with Gasteiger partial charge in [0.15, 0.2) is 0 Å². The molecule has 2 aromatic rings. The summed E-state index contributed by atoms with van der Waals surface area (Å²) >= 11 is 0. The van der Waals surface area contributed by atoms with Crippen molar-refractivity contribution in [2.75, 3.05) is 19.6 Å². The van der Waals surface area contributed by atoms with Crippen molar-refractivity contribution in [2.24, 2.45) is 16.7 Å². The van der Waals surface area contributed by atoms with E-state index in [1.54, 1.807) is 12.1 Å². The molecule has 4 heteroatoms. The van der Waals surface area contributed by atoms with Crippen LogP contribution in [0.25, 0.3) is 11.3 Å². The van der Waals surface area contributed by atoms with Crippen LogP contribution >= 0.6 is 0 Å². The number of aromatic nitrogens is 2. The van der Waals surface area contributed by atoms with Crippen LogP contribution in [-0.4, -0.2) is 34.7 Å². The monoisotopic (exact) mass is 395 g/mol. The van der Waals surface area contributed by atoms with E-state index in [4.69, 9.17) is 0 Å². The number of piperidine rings is 1. The molecule has 2 fully saturated rings. The molecule has 1 unspecified atom stereocenters. The van der Waals surface area contributed by atoms with Crippen molar-refractivity contribution in [3.63, 3.8) is 0 Å².